The quantitative estimate of drug-likeness (QED) is 0.483. The zero-order valence-electron chi connectivity index (χ0n) is 19.9. The Morgan fingerprint density at radius 1 is 1.14 bits per heavy atom. The number of nitrogens with one attached hydrogen (secondary N) is 1. The summed E-state index contributed by atoms with van der Waals surface area (Å²) in [6, 6.07) is 19.3. The Balaban J connectivity index is 1.53. The van der Waals surface area contributed by atoms with E-state index in [0.29, 0.717) is 36.9 Å². The molecule has 1 saturated carbocycles. The van der Waals surface area contributed by atoms with E-state index in [4.69, 9.17) is 0 Å². The van der Waals surface area contributed by atoms with Gasteiger partial charge in [0, 0.05) is 17.2 Å². The van der Waals surface area contributed by atoms with Gasteiger partial charge in [-0.25, -0.2) is 4.39 Å². The van der Waals surface area contributed by atoms with Crippen molar-refractivity contribution in [3.63, 3.8) is 0 Å². The molecule has 0 saturated heterocycles. The first-order valence-electron chi connectivity index (χ1n) is 12.2. The van der Waals surface area contributed by atoms with Crippen molar-refractivity contribution in [1.29, 1.82) is 0 Å². The molecular formula is C29H31FN2O3. The van der Waals surface area contributed by atoms with Gasteiger partial charge in [-0.05, 0) is 85.9 Å². The molecule has 4 atom stereocenters. The number of aromatic nitrogens is 1. The first-order valence-corrected chi connectivity index (χ1v) is 12.2. The summed E-state index contributed by atoms with van der Waals surface area (Å²) in [7, 11) is 0. The minimum atomic E-state index is -1.34. The Morgan fingerprint density at radius 3 is 2.69 bits per heavy atom. The van der Waals surface area contributed by atoms with E-state index in [1.807, 2.05) is 31.2 Å². The number of hydrogen-bond donors (Lipinski definition) is 3. The molecule has 0 unspecified atom stereocenters. The maximum absolute atomic E-state index is 13.8. The highest BCUT2D eigenvalue weighted by Crippen LogP contribution is 2.56. The van der Waals surface area contributed by atoms with Crippen LogP contribution in [0.2, 0.25) is 0 Å². The lowest BCUT2D eigenvalue weighted by Crippen LogP contribution is -2.52. The Morgan fingerprint density at radius 2 is 1.94 bits per heavy atom. The van der Waals surface area contributed by atoms with Gasteiger partial charge >= 0.3 is 0 Å². The number of nitrogens with zero attached hydrogens (tertiary/aromatic N) is 1. The molecule has 3 N–H and O–H groups in total. The van der Waals surface area contributed by atoms with Crippen molar-refractivity contribution in [2.45, 2.75) is 56.1 Å². The van der Waals surface area contributed by atoms with Crippen LogP contribution in [0.15, 0.2) is 66.9 Å². The zero-order valence-corrected chi connectivity index (χ0v) is 19.9. The predicted octanol–water partition coefficient (Wildman–Crippen LogP) is 5.06. The van der Waals surface area contributed by atoms with Crippen LogP contribution < -0.4 is 5.32 Å². The molecule has 2 aromatic carbocycles. The summed E-state index contributed by atoms with van der Waals surface area (Å²) in [5.41, 5.74) is 3.07. The van der Waals surface area contributed by atoms with Crippen molar-refractivity contribution >= 4 is 11.6 Å². The lowest BCUT2D eigenvalue weighted by atomic mass is 9.52. The highest BCUT2D eigenvalue weighted by molar-refractivity contribution is 6.04. The largest absolute Gasteiger partial charge is 0.388 e. The summed E-state index contributed by atoms with van der Waals surface area (Å²) in [6.07, 6.45) is 3.36. The number of hydrogen-bond acceptors (Lipinski definition) is 4. The number of benzene rings is 2. The predicted molar refractivity (Wildman–Crippen MR) is 133 cm³/mol. The third-order valence-electron chi connectivity index (χ3n) is 8.03. The van der Waals surface area contributed by atoms with Crippen LogP contribution >= 0.6 is 0 Å². The summed E-state index contributed by atoms with van der Waals surface area (Å²) >= 11 is 0. The van der Waals surface area contributed by atoms with Gasteiger partial charge in [-0.15, -0.1) is 0 Å². The van der Waals surface area contributed by atoms with E-state index in [1.54, 1.807) is 30.5 Å². The molecule has 0 radical (unpaired) electrons. The number of carbonyl (C=O) groups excluding carboxylic acids is 1. The monoisotopic (exact) mass is 474 g/mol. The number of aryl methyl sites for hydroxylation is 1. The Bertz CT molecular complexity index is 1230. The molecule has 2 aliphatic rings. The van der Waals surface area contributed by atoms with Gasteiger partial charge in [0.1, 0.15) is 6.67 Å². The van der Waals surface area contributed by atoms with Gasteiger partial charge in [0.15, 0.2) is 0 Å². The molecule has 182 valence electrons. The second-order valence-corrected chi connectivity index (χ2v) is 10.2. The normalized spacial score (nSPS) is 27.5. The number of rotatable bonds is 5. The number of anilines is 1. The van der Waals surface area contributed by atoms with Crippen LogP contribution in [-0.4, -0.2) is 33.4 Å². The van der Waals surface area contributed by atoms with Crippen molar-refractivity contribution < 1.29 is 19.4 Å². The number of amides is 1. The molecule has 0 bridgehead atoms. The van der Waals surface area contributed by atoms with Crippen molar-refractivity contribution in [3.8, 4) is 0 Å². The number of aliphatic hydroxyl groups is 2. The van der Waals surface area contributed by atoms with Gasteiger partial charge in [0.2, 0.25) is 0 Å². The highest BCUT2D eigenvalue weighted by atomic mass is 19.1. The third-order valence-corrected chi connectivity index (χ3v) is 8.03. The number of fused-ring (bicyclic) bond motifs is 3. The van der Waals surface area contributed by atoms with Crippen LogP contribution in [-0.2, 0) is 11.8 Å². The number of carbonyl (C=O) groups is 1. The fraction of sp³-hybridized carbons (Fsp3) is 0.379. The van der Waals surface area contributed by atoms with Gasteiger partial charge in [-0.1, -0.05) is 36.4 Å². The summed E-state index contributed by atoms with van der Waals surface area (Å²) in [6.45, 7) is 1.06. The summed E-state index contributed by atoms with van der Waals surface area (Å²) in [4.78, 5) is 17.3. The van der Waals surface area contributed by atoms with Crippen LogP contribution in [0.25, 0.3) is 0 Å². The van der Waals surface area contributed by atoms with Crippen LogP contribution in [0.3, 0.4) is 0 Å². The zero-order chi connectivity index (χ0) is 24.6. The van der Waals surface area contributed by atoms with Crippen LogP contribution in [0.4, 0.5) is 10.1 Å². The molecule has 1 aromatic heterocycles. The average molecular weight is 475 g/mol. The third kappa shape index (κ3) is 4.37. The molecule has 1 heterocycles. The van der Waals surface area contributed by atoms with Crippen molar-refractivity contribution in [1.82, 2.24) is 4.98 Å². The minimum Gasteiger partial charge on any atom is -0.388 e. The number of pyridine rings is 1. The maximum atomic E-state index is 13.8. The molecule has 3 aromatic rings. The topological polar surface area (TPSA) is 82.5 Å². The van der Waals surface area contributed by atoms with E-state index < -0.39 is 18.4 Å². The molecule has 0 aliphatic heterocycles. The second-order valence-electron chi connectivity index (χ2n) is 10.2. The second kappa shape index (κ2) is 9.17. The fourth-order valence-electron chi connectivity index (χ4n) is 6.13. The lowest BCUT2D eigenvalue weighted by molar-refractivity contribution is -0.0756. The van der Waals surface area contributed by atoms with Gasteiger partial charge in [0.05, 0.1) is 23.1 Å². The molecule has 6 heteroatoms. The van der Waals surface area contributed by atoms with Gasteiger partial charge in [-0.2, -0.15) is 0 Å². The van der Waals surface area contributed by atoms with E-state index in [9.17, 15) is 19.4 Å². The Hall–Kier alpha value is -3.09. The van der Waals surface area contributed by atoms with Crippen molar-refractivity contribution in [2.75, 3.05) is 12.0 Å². The van der Waals surface area contributed by atoms with Crippen molar-refractivity contribution in [2.24, 2.45) is 5.92 Å². The van der Waals surface area contributed by atoms with E-state index in [0.717, 1.165) is 23.2 Å². The SMILES string of the molecule is Cc1ncccc1NC(=O)c1ccc2c(c1)[C@H](O)C[C@@H]1C[C@@](O)(CF)CC[C@@]21Cc1ccccc1. The van der Waals surface area contributed by atoms with E-state index in [1.165, 1.54) is 5.56 Å². The van der Waals surface area contributed by atoms with E-state index in [2.05, 4.69) is 22.4 Å². The van der Waals surface area contributed by atoms with Gasteiger partial charge < -0.3 is 15.5 Å². The van der Waals surface area contributed by atoms with E-state index in [-0.39, 0.29) is 17.2 Å². The first-order chi connectivity index (χ1) is 16.8. The molecular weight excluding hydrogens is 443 g/mol. The number of halogens is 1. The molecule has 35 heavy (non-hydrogen) atoms. The molecule has 0 spiro atoms. The van der Waals surface area contributed by atoms with Crippen molar-refractivity contribution in [3.05, 3.63) is 94.8 Å². The van der Waals surface area contributed by atoms with Gasteiger partial charge in [-0.3, -0.25) is 9.78 Å². The average Bonchev–Trinajstić information content (AvgIpc) is 2.87. The van der Waals surface area contributed by atoms with Gasteiger partial charge in [0.25, 0.3) is 5.91 Å². The first kappa shape index (κ1) is 23.6. The Kier molecular flexibility index (Phi) is 6.20. The lowest BCUT2D eigenvalue weighted by Gasteiger charge is -2.54. The van der Waals surface area contributed by atoms with Crippen LogP contribution in [0, 0.1) is 12.8 Å². The fourth-order valence-corrected chi connectivity index (χ4v) is 6.13. The molecule has 2 aliphatic carbocycles. The van der Waals surface area contributed by atoms with Crippen LogP contribution in [0.1, 0.15) is 64.5 Å². The molecule has 5 rings (SSSR count). The highest BCUT2D eigenvalue weighted by Gasteiger charge is 2.53. The molecule has 5 nitrogen and oxygen atoms in total. The summed E-state index contributed by atoms with van der Waals surface area (Å²) in [5.74, 6) is -0.330. The minimum absolute atomic E-state index is 0.0718. The van der Waals surface area contributed by atoms with E-state index >= 15 is 0 Å². The molecule has 1 amide bonds. The summed E-state index contributed by atoms with van der Waals surface area (Å²) < 4.78 is 13.8. The maximum Gasteiger partial charge on any atom is 0.255 e. The van der Waals surface area contributed by atoms with Crippen LogP contribution in [0.5, 0.6) is 0 Å². The summed E-state index contributed by atoms with van der Waals surface area (Å²) in [5, 5.41) is 24.9. The number of aliphatic hydroxyl groups excluding tert-OH is 1. The molecule has 1 fully saturated rings. The smallest absolute Gasteiger partial charge is 0.255 e. The number of alkyl halides is 1. The Labute approximate surface area is 205 Å². The standard InChI is InChI=1S/C29H31FN2O3/c1-19-25(8-5-13-31-19)32-27(34)21-9-10-24-23(14-21)26(33)15-22-17-28(35,18-30)11-12-29(22,24)16-20-6-3-2-4-7-20/h2-10,13-14,22,26,33,35H,11-12,15-18H2,1H3,(H,32,34)/t22-,26-,28-,29+/m1/s1.